The number of hydrogen-bond acceptors (Lipinski definition) is 2. The highest BCUT2D eigenvalue weighted by Crippen LogP contribution is 2.39. The largest absolute Gasteiger partial charge is 0.381 e. The van der Waals surface area contributed by atoms with E-state index in [2.05, 4.69) is 56.5 Å². The normalized spacial score (nSPS) is 21.6. The molecule has 112 valence electrons. The topological polar surface area (TPSA) is 21.3 Å². The molecule has 0 amide bonds. The van der Waals surface area contributed by atoms with E-state index < -0.39 is 0 Å². The average Bonchev–Trinajstić information content (AvgIpc) is 2.54. The number of rotatable bonds is 6. The van der Waals surface area contributed by atoms with E-state index in [1.54, 1.807) is 0 Å². The van der Waals surface area contributed by atoms with Crippen LogP contribution < -0.4 is 5.32 Å². The molecule has 2 unspecified atom stereocenters. The van der Waals surface area contributed by atoms with E-state index in [9.17, 15) is 0 Å². The Morgan fingerprint density at radius 1 is 1.25 bits per heavy atom. The van der Waals surface area contributed by atoms with Gasteiger partial charge in [-0.25, -0.2) is 0 Å². The van der Waals surface area contributed by atoms with Crippen LogP contribution in [0.5, 0.6) is 0 Å². The van der Waals surface area contributed by atoms with E-state index in [1.807, 2.05) is 0 Å². The van der Waals surface area contributed by atoms with Gasteiger partial charge in [-0.2, -0.15) is 0 Å². The van der Waals surface area contributed by atoms with Gasteiger partial charge in [0.25, 0.3) is 0 Å². The minimum absolute atomic E-state index is 0.210. The average molecular weight is 275 g/mol. The van der Waals surface area contributed by atoms with Crippen LogP contribution in [0.2, 0.25) is 0 Å². The number of ether oxygens (including phenoxy) is 1. The van der Waals surface area contributed by atoms with Crippen molar-refractivity contribution < 1.29 is 4.74 Å². The van der Waals surface area contributed by atoms with Gasteiger partial charge in [0.15, 0.2) is 0 Å². The fraction of sp³-hybridized carbons (Fsp3) is 0.667. The van der Waals surface area contributed by atoms with Gasteiger partial charge in [-0.05, 0) is 44.2 Å². The summed E-state index contributed by atoms with van der Waals surface area (Å²) in [4.78, 5) is 0. The SMILES string of the molecule is CCC(CC)(c1ccccc1)C(NC)C1CCCOC1. The molecule has 0 radical (unpaired) electrons. The third-order valence-corrected chi connectivity index (χ3v) is 5.18. The standard InChI is InChI=1S/C18H29NO/c1-4-18(5-2,16-11-7-6-8-12-16)17(19-3)15-10-9-13-20-14-15/h6-8,11-12,15,17,19H,4-5,9-10,13-14H2,1-3H3. The molecule has 2 rings (SSSR count). The first-order valence-electron chi connectivity index (χ1n) is 8.09. The summed E-state index contributed by atoms with van der Waals surface area (Å²) >= 11 is 0. The van der Waals surface area contributed by atoms with Gasteiger partial charge < -0.3 is 10.1 Å². The van der Waals surface area contributed by atoms with E-state index >= 15 is 0 Å². The van der Waals surface area contributed by atoms with E-state index in [-0.39, 0.29) is 5.41 Å². The van der Waals surface area contributed by atoms with Crippen LogP contribution in [-0.4, -0.2) is 26.3 Å². The van der Waals surface area contributed by atoms with Crippen LogP contribution in [0.1, 0.15) is 45.1 Å². The quantitative estimate of drug-likeness (QED) is 0.853. The smallest absolute Gasteiger partial charge is 0.0509 e. The first kappa shape index (κ1) is 15.5. The fourth-order valence-electron chi connectivity index (χ4n) is 4.04. The van der Waals surface area contributed by atoms with Crippen LogP contribution in [-0.2, 0) is 10.2 Å². The second-order valence-electron chi connectivity index (χ2n) is 5.97. The van der Waals surface area contributed by atoms with Crippen molar-refractivity contribution in [2.45, 2.75) is 51.0 Å². The lowest BCUT2D eigenvalue weighted by Crippen LogP contribution is -2.53. The molecule has 0 saturated carbocycles. The van der Waals surface area contributed by atoms with Gasteiger partial charge in [0.1, 0.15) is 0 Å². The summed E-state index contributed by atoms with van der Waals surface area (Å²) in [6, 6.07) is 11.5. The Kier molecular flexibility index (Phi) is 5.62. The van der Waals surface area contributed by atoms with Crippen molar-refractivity contribution in [1.82, 2.24) is 5.32 Å². The Hall–Kier alpha value is -0.860. The second-order valence-corrected chi connectivity index (χ2v) is 5.97. The lowest BCUT2D eigenvalue weighted by molar-refractivity contribution is 0.0229. The first-order chi connectivity index (χ1) is 9.78. The molecule has 1 heterocycles. The van der Waals surface area contributed by atoms with E-state index in [0.717, 1.165) is 26.1 Å². The minimum Gasteiger partial charge on any atom is -0.381 e. The number of benzene rings is 1. The molecule has 1 aromatic rings. The molecule has 2 heteroatoms. The molecule has 1 aliphatic rings. The van der Waals surface area contributed by atoms with Gasteiger partial charge in [0.05, 0.1) is 6.61 Å². The predicted octanol–water partition coefficient (Wildman–Crippen LogP) is 3.76. The van der Waals surface area contributed by atoms with Gasteiger partial charge in [-0.15, -0.1) is 0 Å². The Morgan fingerprint density at radius 2 is 1.95 bits per heavy atom. The van der Waals surface area contributed by atoms with Crippen molar-refractivity contribution in [1.29, 1.82) is 0 Å². The van der Waals surface area contributed by atoms with E-state index in [1.165, 1.54) is 18.4 Å². The van der Waals surface area contributed by atoms with Gasteiger partial charge in [0.2, 0.25) is 0 Å². The zero-order chi connectivity index (χ0) is 14.4. The lowest BCUT2D eigenvalue weighted by Gasteiger charge is -2.45. The van der Waals surface area contributed by atoms with Crippen LogP contribution in [0.3, 0.4) is 0 Å². The number of nitrogens with one attached hydrogen (secondary N) is 1. The fourth-order valence-corrected chi connectivity index (χ4v) is 4.04. The molecule has 1 fully saturated rings. The summed E-state index contributed by atoms with van der Waals surface area (Å²) in [5.41, 5.74) is 1.68. The van der Waals surface area contributed by atoms with Gasteiger partial charge >= 0.3 is 0 Å². The third kappa shape index (κ3) is 2.91. The van der Waals surface area contributed by atoms with Gasteiger partial charge in [-0.1, -0.05) is 44.2 Å². The summed E-state index contributed by atoms with van der Waals surface area (Å²) in [6.07, 6.45) is 4.80. The number of likely N-dealkylation sites (N-methyl/N-ethyl adjacent to an activating group) is 1. The van der Waals surface area contributed by atoms with E-state index in [4.69, 9.17) is 4.74 Å². The molecular weight excluding hydrogens is 246 g/mol. The highest BCUT2D eigenvalue weighted by molar-refractivity contribution is 5.28. The molecule has 0 spiro atoms. The van der Waals surface area contributed by atoms with Crippen molar-refractivity contribution in [2.75, 3.05) is 20.3 Å². The van der Waals surface area contributed by atoms with Crippen LogP contribution in [0.15, 0.2) is 30.3 Å². The Bertz CT molecular complexity index is 380. The van der Waals surface area contributed by atoms with Crippen molar-refractivity contribution >= 4 is 0 Å². The van der Waals surface area contributed by atoms with Crippen molar-refractivity contribution in [3.63, 3.8) is 0 Å². The molecule has 1 aliphatic heterocycles. The molecule has 1 N–H and O–H groups in total. The molecule has 20 heavy (non-hydrogen) atoms. The van der Waals surface area contributed by atoms with Crippen LogP contribution in [0, 0.1) is 5.92 Å². The van der Waals surface area contributed by atoms with Crippen LogP contribution in [0.25, 0.3) is 0 Å². The van der Waals surface area contributed by atoms with Crippen molar-refractivity contribution in [2.24, 2.45) is 5.92 Å². The first-order valence-corrected chi connectivity index (χ1v) is 8.09. The number of hydrogen-bond donors (Lipinski definition) is 1. The molecule has 0 aromatic heterocycles. The summed E-state index contributed by atoms with van der Waals surface area (Å²) in [5.74, 6) is 0.619. The Balaban J connectivity index is 2.33. The summed E-state index contributed by atoms with van der Waals surface area (Å²) in [5, 5.41) is 3.63. The summed E-state index contributed by atoms with van der Waals surface area (Å²) in [7, 11) is 2.11. The summed E-state index contributed by atoms with van der Waals surface area (Å²) < 4.78 is 5.74. The van der Waals surface area contributed by atoms with Crippen LogP contribution >= 0.6 is 0 Å². The lowest BCUT2D eigenvalue weighted by atomic mass is 9.65. The predicted molar refractivity (Wildman–Crippen MR) is 85.1 cm³/mol. The minimum atomic E-state index is 0.210. The maximum absolute atomic E-state index is 5.74. The van der Waals surface area contributed by atoms with Crippen LogP contribution in [0.4, 0.5) is 0 Å². The van der Waals surface area contributed by atoms with Gasteiger partial charge in [0, 0.05) is 18.1 Å². The molecule has 2 atom stereocenters. The molecular formula is C18H29NO. The Morgan fingerprint density at radius 3 is 2.45 bits per heavy atom. The van der Waals surface area contributed by atoms with Gasteiger partial charge in [-0.3, -0.25) is 0 Å². The van der Waals surface area contributed by atoms with E-state index in [0.29, 0.717) is 12.0 Å². The van der Waals surface area contributed by atoms with Crippen molar-refractivity contribution in [3.05, 3.63) is 35.9 Å². The molecule has 1 saturated heterocycles. The highest BCUT2D eigenvalue weighted by Gasteiger charge is 2.41. The molecule has 1 aromatic carbocycles. The molecule has 0 bridgehead atoms. The highest BCUT2D eigenvalue weighted by atomic mass is 16.5. The Labute approximate surface area is 123 Å². The maximum atomic E-state index is 5.74. The zero-order valence-corrected chi connectivity index (χ0v) is 13.2. The molecule has 2 nitrogen and oxygen atoms in total. The van der Waals surface area contributed by atoms with Crippen molar-refractivity contribution in [3.8, 4) is 0 Å². The maximum Gasteiger partial charge on any atom is 0.0509 e. The molecule has 0 aliphatic carbocycles. The second kappa shape index (κ2) is 7.24. The summed E-state index contributed by atoms with van der Waals surface area (Å²) in [6.45, 7) is 6.48. The third-order valence-electron chi connectivity index (χ3n) is 5.18. The monoisotopic (exact) mass is 275 g/mol. The zero-order valence-electron chi connectivity index (χ0n) is 13.2.